The summed E-state index contributed by atoms with van der Waals surface area (Å²) < 4.78 is 19.4. The molecular formula is C23H26FNO2. The van der Waals surface area contributed by atoms with E-state index in [1.54, 1.807) is 18.2 Å². The molecule has 3 nitrogen and oxygen atoms in total. The first-order valence-corrected chi connectivity index (χ1v) is 9.82. The predicted octanol–water partition coefficient (Wildman–Crippen LogP) is 5.64. The van der Waals surface area contributed by atoms with E-state index in [0.29, 0.717) is 11.5 Å². The van der Waals surface area contributed by atoms with Crippen molar-refractivity contribution in [2.24, 2.45) is 5.92 Å². The highest BCUT2D eigenvalue weighted by Gasteiger charge is 2.41. The Morgan fingerprint density at radius 1 is 1.22 bits per heavy atom. The van der Waals surface area contributed by atoms with Gasteiger partial charge in [0.05, 0.1) is 5.56 Å². The van der Waals surface area contributed by atoms with Crippen molar-refractivity contribution in [3.05, 3.63) is 59.7 Å². The molecule has 1 aromatic rings. The minimum Gasteiger partial charge on any atom is -0.433 e. The Morgan fingerprint density at radius 3 is 2.52 bits per heavy atom. The van der Waals surface area contributed by atoms with E-state index in [2.05, 4.69) is 6.92 Å². The van der Waals surface area contributed by atoms with Gasteiger partial charge in [-0.05, 0) is 67.4 Å². The summed E-state index contributed by atoms with van der Waals surface area (Å²) in [6, 6.07) is 9.15. The van der Waals surface area contributed by atoms with Crippen molar-refractivity contribution in [3.8, 4) is 6.07 Å². The Hall–Kier alpha value is -2.41. The van der Waals surface area contributed by atoms with Gasteiger partial charge in [0.2, 0.25) is 0 Å². The normalized spacial score (nSPS) is 29.9. The number of hydrogen-bond acceptors (Lipinski definition) is 3. The number of esters is 1. The summed E-state index contributed by atoms with van der Waals surface area (Å²) in [5.74, 6) is 0.710. The largest absolute Gasteiger partial charge is 0.433 e. The fraction of sp³-hybridized carbons (Fsp3) is 0.478. The molecule has 27 heavy (non-hydrogen) atoms. The quantitative estimate of drug-likeness (QED) is 0.633. The molecule has 1 saturated carbocycles. The van der Waals surface area contributed by atoms with Crippen LogP contribution in [0, 0.1) is 17.2 Å². The number of ether oxygens (including phenoxy) is 1. The second kappa shape index (κ2) is 8.52. The third-order valence-corrected chi connectivity index (χ3v) is 5.74. The number of alkyl halides is 1. The van der Waals surface area contributed by atoms with Crippen molar-refractivity contribution in [1.29, 1.82) is 5.26 Å². The fourth-order valence-electron chi connectivity index (χ4n) is 4.10. The van der Waals surface area contributed by atoms with Crippen LogP contribution in [0.1, 0.15) is 67.3 Å². The number of carbonyl (C=O) groups is 1. The molecule has 0 aromatic heterocycles. The molecule has 0 N–H and O–H groups in total. The molecule has 0 amide bonds. The van der Waals surface area contributed by atoms with Crippen molar-refractivity contribution in [1.82, 2.24) is 0 Å². The molecule has 1 fully saturated rings. The lowest BCUT2D eigenvalue weighted by Gasteiger charge is -2.29. The Kier molecular flexibility index (Phi) is 6.11. The van der Waals surface area contributed by atoms with Crippen LogP contribution >= 0.6 is 0 Å². The molecule has 2 atom stereocenters. The van der Waals surface area contributed by atoms with E-state index >= 15 is 0 Å². The molecule has 0 radical (unpaired) electrons. The van der Waals surface area contributed by atoms with Crippen LogP contribution in [-0.2, 0) is 4.74 Å². The number of halogens is 1. The van der Waals surface area contributed by atoms with Gasteiger partial charge in [0.25, 0.3) is 5.60 Å². The lowest BCUT2D eigenvalue weighted by Crippen LogP contribution is -2.41. The first-order valence-electron chi connectivity index (χ1n) is 9.82. The van der Waals surface area contributed by atoms with Gasteiger partial charge in [-0.2, -0.15) is 5.26 Å². The van der Waals surface area contributed by atoms with Gasteiger partial charge in [-0.3, -0.25) is 0 Å². The zero-order chi connectivity index (χ0) is 19.3. The summed E-state index contributed by atoms with van der Waals surface area (Å²) in [5.41, 5.74) is -0.314. The van der Waals surface area contributed by atoms with E-state index in [1.165, 1.54) is 68.4 Å². The number of nitriles is 1. The van der Waals surface area contributed by atoms with E-state index in [9.17, 15) is 14.4 Å². The third kappa shape index (κ3) is 4.30. The molecule has 3 rings (SSSR count). The topological polar surface area (TPSA) is 50.1 Å². The average molecular weight is 367 g/mol. The van der Waals surface area contributed by atoms with Gasteiger partial charge in [0.1, 0.15) is 6.07 Å². The van der Waals surface area contributed by atoms with Crippen molar-refractivity contribution in [3.63, 3.8) is 0 Å². The number of rotatable bonds is 5. The Balaban J connectivity index is 1.64. The van der Waals surface area contributed by atoms with E-state index in [0.717, 1.165) is 5.92 Å². The first kappa shape index (κ1) is 19.4. The summed E-state index contributed by atoms with van der Waals surface area (Å²) in [6.07, 6.45) is 11.3. The molecule has 0 spiro atoms. The maximum atomic E-state index is 14.1. The number of hydrogen-bond donors (Lipinski definition) is 0. The monoisotopic (exact) mass is 367 g/mol. The Morgan fingerprint density at radius 2 is 1.93 bits per heavy atom. The highest BCUT2D eigenvalue weighted by molar-refractivity contribution is 5.90. The highest BCUT2D eigenvalue weighted by Crippen LogP contribution is 2.37. The molecule has 142 valence electrons. The lowest BCUT2D eigenvalue weighted by molar-refractivity contribution is 0.00294. The molecular weight excluding hydrogens is 341 g/mol. The number of carbonyl (C=O) groups excluding carboxylic acids is 1. The molecule has 0 heterocycles. The second-order valence-corrected chi connectivity index (χ2v) is 7.57. The number of nitrogens with zero attached hydrogens (tertiary/aromatic N) is 1. The van der Waals surface area contributed by atoms with Gasteiger partial charge >= 0.3 is 5.97 Å². The lowest BCUT2D eigenvalue weighted by atomic mass is 9.77. The summed E-state index contributed by atoms with van der Waals surface area (Å²) in [7, 11) is 0. The molecule has 0 bridgehead atoms. The van der Waals surface area contributed by atoms with Crippen LogP contribution in [0.2, 0.25) is 0 Å². The smallest absolute Gasteiger partial charge is 0.340 e. The fourth-order valence-corrected chi connectivity index (χ4v) is 4.10. The van der Waals surface area contributed by atoms with Crippen LogP contribution < -0.4 is 0 Å². The van der Waals surface area contributed by atoms with E-state index in [4.69, 9.17) is 4.74 Å². The molecule has 0 saturated heterocycles. The molecule has 0 aliphatic heterocycles. The van der Waals surface area contributed by atoms with Crippen LogP contribution in [0.4, 0.5) is 4.39 Å². The van der Waals surface area contributed by atoms with Gasteiger partial charge in [-0.1, -0.05) is 44.1 Å². The van der Waals surface area contributed by atoms with Gasteiger partial charge in [0.15, 0.2) is 6.17 Å². The summed E-state index contributed by atoms with van der Waals surface area (Å²) in [6.45, 7) is 2.24. The number of benzene rings is 1. The van der Waals surface area contributed by atoms with Gasteiger partial charge in [-0.15, -0.1) is 0 Å². The molecule has 2 aliphatic rings. The van der Waals surface area contributed by atoms with Crippen molar-refractivity contribution < 1.29 is 13.9 Å². The van der Waals surface area contributed by atoms with Crippen molar-refractivity contribution >= 4 is 5.97 Å². The zero-order valence-electron chi connectivity index (χ0n) is 15.7. The van der Waals surface area contributed by atoms with Crippen LogP contribution in [0.15, 0.2) is 48.6 Å². The highest BCUT2D eigenvalue weighted by atomic mass is 19.1. The predicted molar refractivity (Wildman–Crippen MR) is 103 cm³/mol. The standard InChI is InChI=1S/C23H26FNO2/c1-2-5-17-7-9-18(10-8-17)19-11-13-20(14-12-19)22(26)27-23(16-25)15-4-3-6-21(23)24/h3-4,6,11-15,17-18,21H,2,5,7-10H2,1H3. The van der Waals surface area contributed by atoms with Crippen LogP contribution in [0.3, 0.4) is 0 Å². The van der Waals surface area contributed by atoms with E-state index in [-0.39, 0.29) is 0 Å². The minimum atomic E-state index is -1.89. The molecule has 2 aliphatic carbocycles. The van der Waals surface area contributed by atoms with Crippen molar-refractivity contribution in [2.75, 3.05) is 0 Å². The zero-order valence-corrected chi connectivity index (χ0v) is 15.7. The minimum absolute atomic E-state index is 0.336. The summed E-state index contributed by atoms with van der Waals surface area (Å²) in [4.78, 5) is 12.4. The Labute approximate surface area is 160 Å². The molecule has 4 heteroatoms. The second-order valence-electron chi connectivity index (χ2n) is 7.57. The maximum Gasteiger partial charge on any atom is 0.340 e. The van der Waals surface area contributed by atoms with Crippen LogP contribution in [-0.4, -0.2) is 17.7 Å². The van der Waals surface area contributed by atoms with Gasteiger partial charge in [0, 0.05) is 0 Å². The summed E-state index contributed by atoms with van der Waals surface area (Å²) in [5, 5.41) is 9.33. The third-order valence-electron chi connectivity index (χ3n) is 5.74. The van der Waals surface area contributed by atoms with Crippen LogP contribution in [0.5, 0.6) is 0 Å². The van der Waals surface area contributed by atoms with Gasteiger partial charge < -0.3 is 4.74 Å². The molecule has 1 aromatic carbocycles. The van der Waals surface area contributed by atoms with E-state index in [1.807, 2.05) is 12.1 Å². The number of allylic oxidation sites excluding steroid dienone is 2. The van der Waals surface area contributed by atoms with Crippen molar-refractivity contribution in [2.45, 2.75) is 63.1 Å². The SMILES string of the molecule is CCCC1CCC(c2ccc(C(=O)OC3(C#N)C=CC=CC3F)cc2)CC1. The van der Waals surface area contributed by atoms with Gasteiger partial charge in [-0.25, -0.2) is 9.18 Å². The first-order chi connectivity index (χ1) is 13.1. The maximum absolute atomic E-state index is 14.1. The summed E-state index contributed by atoms with van der Waals surface area (Å²) >= 11 is 0. The van der Waals surface area contributed by atoms with E-state index < -0.39 is 17.7 Å². The average Bonchev–Trinajstić information content (AvgIpc) is 2.71. The van der Waals surface area contributed by atoms with Crippen LogP contribution in [0.25, 0.3) is 0 Å². The molecule has 2 unspecified atom stereocenters. The Bertz CT molecular complexity index is 754.